The van der Waals surface area contributed by atoms with Crippen LogP contribution in [-0.4, -0.2) is 24.6 Å². The van der Waals surface area contributed by atoms with Crippen molar-refractivity contribution in [2.45, 2.75) is 18.9 Å². The van der Waals surface area contributed by atoms with Crippen LogP contribution in [0.5, 0.6) is 5.75 Å². The maximum absolute atomic E-state index is 6.03. The second kappa shape index (κ2) is 7.10. The van der Waals surface area contributed by atoms with Crippen LogP contribution in [0.25, 0.3) is 0 Å². The fraction of sp³-hybridized carbons (Fsp3) is 0.333. The van der Waals surface area contributed by atoms with Gasteiger partial charge in [-0.3, -0.25) is 4.90 Å². The molecule has 3 rings (SSSR count). The molecule has 0 saturated carbocycles. The number of rotatable bonds is 5. The minimum Gasteiger partial charge on any atom is -0.492 e. The smallest absolute Gasteiger partial charge is 0.119 e. The fourth-order valence-corrected chi connectivity index (χ4v) is 3.11. The van der Waals surface area contributed by atoms with Crippen molar-refractivity contribution in [2.24, 2.45) is 0 Å². The monoisotopic (exact) mass is 345 g/mol. The highest BCUT2D eigenvalue weighted by atomic mass is 79.9. The average molecular weight is 346 g/mol. The molecule has 2 aromatic rings. The molecule has 1 aliphatic heterocycles. The lowest BCUT2D eigenvalue weighted by Gasteiger charge is -2.28. The van der Waals surface area contributed by atoms with Crippen LogP contribution in [0.2, 0.25) is 0 Å². The van der Waals surface area contributed by atoms with Crippen LogP contribution in [0.3, 0.4) is 0 Å². The molecule has 1 atom stereocenters. The van der Waals surface area contributed by atoms with Gasteiger partial charge in [-0.05, 0) is 55.8 Å². The zero-order chi connectivity index (χ0) is 14.5. The summed E-state index contributed by atoms with van der Waals surface area (Å²) in [5.41, 5.74) is 1.34. The van der Waals surface area contributed by atoms with E-state index >= 15 is 0 Å². The Hall–Kier alpha value is -1.32. The van der Waals surface area contributed by atoms with Crippen LogP contribution in [-0.2, 0) is 0 Å². The van der Waals surface area contributed by atoms with E-state index in [-0.39, 0.29) is 0 Å². The highest BCUT2D eigenvalue weighted by Gasteiger charge is 2.23. The molecule has 0 bridgehead atoms. The third kappa shape index (κ3) is 3.86. The molecule has 1 saturated heterocycles. The van der Waals surface area contributed by atoms with Crippen molar-refractivity contribution in [1.29, 1.82) is 0 Å². The highest BCUT2D eigenvalue weighted by Crippen LogP contribution is 2.26. The van der Waals surface area contributed by atoms with Gasteiger partial charge in [0.1, 0.15) is 12.4 Å². The van der Waals surface area contributed by atoms with Crippen LogP contribution >= 0.6 is 15.9 Å². The molecule has 0 N–H and O–H groups in total. The van der Waals surface area contributed by atoms with E-state index in [1.54, 1.807) is 0 Å². The van der Waals surface area contributed by atoms with Crippen LogP contribution < -0.4 is 4.74 Å². The molecule has 0 radical (unpaired) electrons. The lowest BCUT2D eigenvalue weighted by molar-refractivity contribution is 0.161. The molecule has 1 unspecified atom stereocenters. The molecule has 1 aliphatic rings. The number of hydrogen-bond acceptors (Lipinski definition) is 2. The SMILES string of the molecule is Brc1ccc(OCC(c2ccccc2)N2CCCC2)cc1. The predicted molar refractivity (Wildman–Crippen MR) is 89.6 cm³/mol. The Morgan fingerprint density at radius 1 is 0.952 bits per heavy atom. The third-order valence-corrected chi connectivity index (χ3v) is 4.52. The van der Waals surface area contributed by atoms with E-state index in [1.165, 1.54) is 31.5 Å². The van der Waals surface area contributed by atoms with Crippen molar-refractivity contribution >= 4 is 15.9 Å². The van der Waals surface area contributed by atoms with Gasteiger partial charge in [-0.15, -0.1) is 0 Å². The topological polar surface area (TPSA) is 12.5 Å². The Balaban J connectivity index is 1.71. The van der Waals surface area contributed by atoms with Gasteiger partial charge in [-0.25, -0.2) is 0 Å². The van der Waals surface area contributed by atoms with Gasteiger partial charge < -0.3 is 4.74 Å². The summed E-state index contributed by atoms with van der Waals surface area (Å²) in [5.74, 6) is 0.929. The van der Waals surface area contributed by atoms with Crippen LogP contribution in [0.4, 0.5) is 0 Å². The first-order valence-electron chi connectivity index (χ1n) is 7.50. The summed E-state index contributed by atoms with van der Waals surface area (Å²) >= 11 is 3.45. The quantitative estimate of drug-likeness (QED) is 0.780. The lowest BCUT2D eigenvalue weighted by Crippen LogP contribution is -2.30. The zero-order valence-electron chi connectivity index (χ0n) is 12.0. The van der Waals surface area contributed by atoms with E-state index in [1.807, 2.05) is 24.3 Å². The minimum absolute atomic E-state index is 0.345. The molecular weight excluding hydrogens is 326 g/mol. The molecule has 3 heteroatoms. The highest BCUT2D eigenvalue weighted by molar-refractivity contribution is 9.10. The maximum atomic E-state index is 6.03. The number of hydrogen-bond donors (Lipinski definition) is 0. The first-order chi connectivity index (χ1) is 10.3. The van der Waals surface area contributed by atoms with Crippen molar-refractivity contribution in [1.82, 2.24) is 4.90 Å². The second-order valence-electron chi connectivity index (χ2n) is 5.43. The molecule has 0 amide bonds. The summed E-state index contributed by atoms with van der Waals surface area (Å²) in [5, 5.41) is 0. The van der Waals surface area contributed by atoms with Crippen LogP contribution in [0.15, 0.2) is 59.1 Å². The second-order valence-corrected chi connectivity index (χ2v) is 6.35. The van der Waals surface area contributed by atoms with Gasteiger partial charge in [0, 0.05) is 4.47 Å². The van der Waals surface area contributed by atoms with Crippen molar-refractivity contribution in [2.75, 3.05) is 19.7 Å². The van der Waals surface area contributed by atoms with Gasteiger partial charge in [0.25, 0.3) is 0 Å². The Morgan fingerprint density at radius 3 is 2.29 bits per heavy atom. The number of halogens is 1. The van der Waals surface area contributed by atoms with Crippen LogP contribution in [0.1, 0.15) is 24.4 Å². The largest absolute Gasteiger partial charge is 0.492 e. The first-order valence-corrected chi connectivity index (χ1v) is 8.29. The average Bonchev–Trinajstić information content (AvgIpc) is 3.05. The summed E-state index contributed by atoms with van der Waals surface area (Å²) in [6.07, 6.45) is 2.59. The Labute approximate surface area is 134 Å². The molecule has 0 aliphatic carbocycles. The van der Waals surface area contributed by atoms with Gasteiger partial charge in [0.05, 0.1) is 6.04 Å². The van der Waals surface area contributed by atoms with E-state index in [0.717, 1.165) is 10.2 Å². The Morgan fingerprint density at radius 2 is 1.62 bits per heavy atom. The number of benzene rings is 2. The number of nitrogens with zero attached hydrogens (tertiary/aromatic N) is 1. The Kier molecular flexibility index (Phi) is 4.94. The molecule has 1 fully saturated rings. The predicted octanol–water partition coefficient (Wildman–Crippen LogP) is 4.67. The summed E-state index contributed by atoms with van der Waals surface area (Å²) in [4.78, 5) is 2.54. The number of likely N-dealkylation sites (tertiary alicyclic amines) is 1. The van der Waals surface area contributed by atoms with E-state index in [2.05, 4.69) is 51.2 Å². The van der Waals surface area contributed by atoms with Crippen molar-refractivity contribution in [3.63, 3.8) is 0 Å². The van der Waals surface area contributed by atoms with E-state index < -0.39 is 0 Å². The molecule has 0 aromatic heterocycles. The maximum Gasteiger partial charge on any atom is 0.119 e. The van der Waals surface area contributed by atoms with Gasteiger partial charge in [0.15, 0.2) is 0 Å². The summed E-state index contributed by atoms with van der Waals surface area (Å²) < 4.78 is 7.11. The van der Waals surface area contributed by atoms with E-state index in [0.29, 0.717) is 12.6 Å². The molecular formula is C18H20BrNO. The van der Waals surface area contributed by atoms with Crippen LogP contribution in [0, 0.1) is 0 Å². The molecule has 2 nitrogen and oxygen atoms in total. The van der Waals surface area contributed by atoms with Gasteiger partial charge in [-0.1, -0.05) is 46.3 Å². The first kappa shape index (κ1) is 14.6. The van der Waals surface area contributed by atoms with Gasteiger partial charge >= 0.3 is 0 Å². The standard InChI is InChI=1S/C18H20BrNO/c19-16-8-10-17(11-9-16)21-14-18(20-12-4-5-13-20)15-6-2-1-3-7-15/h1-3,6-11,18H,4-5,12-14H2. The molecule has 2 aromatic carbocycles. The van der Waals surface area contributed by atoms with E-state index in [9.17, 15) is 0 Å². The summed E-state index contributed by atoms with van der Waals surface area (Å²) in [6.45, 7) is 3.04. The molecule has 110 valence electrons. The third-order valence-electron chi connectivity index (χ3n) is 3.99. The molecule has 1 heterocycles. The minimum atomic E-state index is 0.345. The molecule has 21 heavy (non-hydrogen) atoms. The van der Waals surface area contributed by atoms with Crippen molar-refractivity contribution in [3.05, 3.63) is 64.6 Å². The van der Waals surface area contributed by atoms with Gasteiger partial charge in [0.2, 0.25) is 0 Å². The lowest BCUT2D eigenvalue weighted by atomic mass is 10.1. The zero-order valence-corrected chi connectivity index (χ0v) is 13.6. The fourth-order valence-electron chi connectivity index (χ4n) is 2.85. The van der Waals surface area contributed by atoms with E-state index in [4.69, 9.17) is 4.74 Å². The Bertz CT molecular complexity index is 549. The van der Waals surface area contributed by atoms with Crippen molar-refractivity contribution < 1.29 is 4.74 Å². The van der Waals surface area contributed by atoms with Crippen molar-refractivity contribution in [3.8, 4) is 5.75 Å². The van der Waals surface area contributed by atoms with Gasteiger partial charge in [-0.2, -0.15) is 0 Å². The summed E-state index contributed by atoms with van der Waals surface area (Å²) in [7, 11) is 0. The molecule has 0 spiro atoms. The number of ether oxygens (including phenoxy) is 1. The normalized spacial score (nSPS) is 16.8. The summed E-state index contributed by atoms with van der Waals surface area (Å²) in [6, 6.07) is 19.1.